The molecule has 2 aromatic heterocycles. The number of urea groups is 1. The average Bonchev–Trinajstić information content (AvgIpc) is 3.77. The number of carbonyl (C=O) groups excluding carboxylic acids is 4. The quantitative estimate of drug-likeness (QED) is 0.0450. The number of fused-ring (bicyclic) bond motifs is 2. The second-order valence-electron chi connectivity index (χ2n) is 12.3. The highest BCUT2D eigenvalue weighted by Crippen LogP contribution is 2.25. The van der Waals surface area contributed by atoms with Crippen LogP contribution in [0.25, 0.3) is 10.9 Å². The number of primary amides is 1. The highest BCUT2D eigenvalue weighted by Gasteiger charge is 2.39. The van der Waals surface area contributed by atoms with E-state index in [9.17, 15) is 29.1 Å². The normalized spacial score (nSPS) is 15.5. The molecule has 3 heterocycles. The Morgan fingerprint density at radius 3 is 2.37 bits per heavy atom. The lowest BCUT2D eigenvalue weighted by atomic mass is 9.92. The van der Waals surface area contributed by atoms with E-state index in [1.807, 2.05) is 48.5 Å². The van der Waals surface area contributed by atoms with Crippen molar-refractivity contribution in [2.24, 2.45) is 22.2 Å². The maximum Gasteiger partial charge on any atom is 0.326 e. The number of aromatic nitrogens is 3. The van der Waals surface area contributed by atoms with Crippen molar-refractivity contribution in [2.75, 3.05) is 6.54 Å². The molecular formula is C34H41N11O6. The number of para-hydroxylation sites is 1. The summed E-state index contributed by atoms with van der Waals surface area (Å²) in [5.74, 6) is -3.36. The third kappa shape index (κ3) is 9.20. The van der Waals surface area contributed by atoms with Crippen LogP contribution in [0.1, 0.15) is 35.2 Å². The third-order valence-electron chi connectivity index (χ3n) is 8.72. The third-order valence-corrected chi connectivity index (χ3v) is 8.72. The number of benzene rings is 2. The Bertz CT molecular complexity index is 1900. The van der Waals surface area contributed by atoms with Crippen LogP contribution in [0, 0.1) is 0 Å². The first kappa shape index (κ1) is 35.9. The number of carbonyl (C=O) groups is 5. The molecule has 4 atom stereocenters. The Morgan fingerprint density at radius 2 is 1.67 bits per heavy atom. The van der Waals surface area contributed by atoms with Crippen molar-refractivity contribution in [3.8, 4) is 0 Å². The van der Waals surface area contributed by atoms with E-state index in [0.29, 0.717) is 11.3 Å². The van der Waals surface area contributed by atoms with Gasteiger partial charge in [0.1, 0.15) is 24.2 Å². The molecule has 1 aliphatic heterocycles. The van der Waals surface area contributed by atoms with Crippen LogP contribution in [0.5, 0.6) is 0 Å². The first-order valence-electron chi connectivity index (χ1n) is 16.3. The molecule has 0 spiro atoms. The van der Waals surface area contributed by atoms with Crippen molar-refractivity contribution in [3.05, 3.63) is 89.6 Å². The van der Waals surface area contributed by atoms with Gasteiger partial charge in [-0.15, -0.1) is 0 Å². The molecule has 0 saturated heterocycles. The Balaban J connectivity index is 1.39. The second-order valence-corrected chi connectivity index (χ2v) is 12.3. The van der Waals surface area contributed by atoms with Gasteiger partial charge in [0.25, 0.3) is 0 Å². The molecule has 0 bridgehead atoms. The van der Waals surface area contributed by atoms with E-state index in [4.69, 9.17) is 17.2 Å². The van der Waals surface area contributed by atoms with E-state index < -0.39 is 53.9 Å². The molecule has 0 fully saturated rings. The van der Waals surface area contributed by atoms with Gasteiger partial charge in [0.15, 0.2) is 5.96 Å². The number of nitrogens with zero attached hydrogens (tertiary/aromatic N) is 3. The minimum atomic E-state index is -1.32. The number of H-pyrrole nitrogens is 2. The summed E-state index contributed by atoms with van der Waals surface area (Å²) in [6.45, 7) is 0.190. The number of hydrogen-bond acceptors (Lipinski definition) is 7. The summed E-state index contributed by atoms with van der Waals surface area (Å²) in [6.07, 6.45) is 5.07. The highest BCUT2D eigenvalue weighted by molar-refractivity contribution is 5.95. The van der Waals surface area contributed by atoms with Gasteiger partial charge >= 0.3 is 12.0 Å². The van der Waals surface area contributed by atoms with E-state index in [0.717, 1.165) is 22.0 Å². The molecule has 4 aromatic rings. The Hall–Kier alpha value is -6.39. The van der Waals surface area contributed by atoms with Crippen LogP contribution in [0.4, 0.5) is 4.79 Å². The Labute approximate surface area is 292 Å². The van der Waals surface area contributed by atoms with Gasteiger partial charge in [-0.05, 0) is 35.6 Å². The molecule has 17 heteroatoms. The fraction of sp³-hybridized carbons (Fsp3) is 0.324. The maximum atomic E-state index is 14.2. The van der Waals surface area contributed by atoms with Crippen LogP contribution < -0.4 is 33.2 Å². The molecule has 12 N–H and O–H groups in total. The van der Waals surface area contributed by atoms with Gasteiger partial charge in [-0.1, -0.05) is 42.5 Å². The number of imidazole rings is 1. The molecule has 0 unspecified atom stereocenters. The predicted molar refractivity (Wildman–Crippen MR) is 187 cm³/mol. The number of hydrogen-bond donors (Lipinski definition) is 9. The van der Waals surface area contributed by atoms with Crippen LogP contribution >= 0.6 is 0 Å². The molecular weight excluding hydrogens is 658 g/mol. The van der Waals surface area contributed by atoms with Crippen molar-refractivity contribution < 1.29 is 29.1 Å². The smallest absolute Gasteiger partial charge is 0.326 e. The zero-order chi connectivity index (χ0) is 36.5. The van der Waals surface area contributed by atoms with Gasteiger partial charge in [-0.2, -0.15) is 0 Å². The zero-order valence-electron chi connectivity index (χ0n) is 27.7. The summed E-state index contributed by atoms with van der Waals surface area (Å²) in [7, 11) is 0. The number of amides is 5. The number of carboxylic acid groups (broad SMARTS) is 1. The van der Waals surface area contributed by atoms with Crippen LogP contribution in [-0.2, 0) is 45.0 Å². The number of guanidine groups is 1. The van der Waals surface area contributed by atoms with Gasteiger partial charge in [0, 0.05) is 61.3 Å². The van der Waals surface area contributed by atoms with Crippen molar-refractivity contribution >= 4 is 46.6 Å². The lowest BCUT2D eigenvalue weighted by molar-refractivity contribution is -0.145. The molecule has 2 aromatic carbocycles. The minimum absolute atomic E-state index is 0.0218. The van der Waals surface area contributed by atoms with Crippen molar-refractivity contribution in [1.82, 2.24) is 35.8 Å². The highest BCUT2D eigenvalue weighted by atomic mass is 16.4. The maximum absolute atomic E-state index is 14.2. The Morgan fingerprint density at radius 1 is 0.922 bits per heavy atom. The molecule has 0 saturated carbocycles. The Kier molecular flexibility index (Phi) is 11.5. The number of rotatable bonds is 15. The molecule has 51 heavy (non-hydrogen) atoms. The largest absolute Gasteiger partial charge is 0.480 e. The van der Waals surface area contributed by atoms with Crippen molar-refractivity contribution in [3.63, 3.8) is 0 Å². The number of aliphatic carboxylic acids is 1. The lowest BCUT2D eigenvalue weighted by Gasteiger charge is -2.38. The number of nitrogens with two attached hydrogens (primary N) is 3. The van der Waals surface area contributed by atoms with Gasteiger partial charge in [0.05, 0.1) is 6.33 Å². The van der Waals surface area contributed by atoms with Gasteiger partial charge in [-0.25, -0.2) is 14.6 Å². The summed E-state index contributed by atoms with van der Waals surface area (Å²) in [5.41, 5.74) is 20.1. The number of aliphatic imine (C=N–C) groups is 1. The SMILES string of the molecule is NC(=O)N[C@@H](Cc1cnc[nH]1)C(=O)N1Cc2ccccc2C[C@H]1C(=O)N[C@@H](CCCN=C(N)N)C(=O)N[C@@H](Cc1c[nH]c2ccccc12)C(=O)O. The topological polar surface area (TPSA) is 280 Å². The molecule has 0 aliphatic carbocycles. The summed E-state index contributed by atoms with van der Waals surface area (Å²) in [5, 5.41) is 18.7. The van der Waals surface area contributed by atoms with Gasteiger partial charge < -0.3 is 53.1 Å². The predicted octanol–water partition coefficient (Wildman–Crippen LogP) is -0.226. The summed E-state index contributed by atoms with van der Waals surface area (Å²) < 4.78 is 0. The van der Waals surface area contributed by atoms with E-state index in [1.54, 1.807) is 6.20 Å². The first-order valence-corrected chi connectivity index (χ1v) is 16.3. The summed E-state index contributed by atoms with van der Waals surface area (Å²) >= 11 is 0. The van der Waals surface area contributed by atoms with E-state index >= 15 is 0 Å². The van der Waals surface area contributed by atoms with Gasteiger partial charge in [0.2, 0.25) is 17.7 Å². The average molecular weight is 700 g/mol. The number of aromatic amines is 2. The number of nitrogens with one attached hydrogen (secondary N) is 5. The zero-order valence-corrected chi connectivity index (χ0v) is 27.7. The van der Waals surface area contributed by atoms with Crippen LogP contribution in [-0.4, -0.2) is 91.4 Å². The van der Waals surface area contributed by atoms with E-state index in [1.165, 1.54) is 17.4 Å². The van der Waals surface area contributed by atoms with E-state index in [-0.39, 0.29) is 51.2 Å². The summed E-state index contributed by atoms with van der Waals surface area (Å²) in [6, 6.07) is 9.02. The minimum Gasteiger partial charge on any atom is -0.480 e. The first-order chi connectivity index (χ1) is 24.5. The number of carboxylic acids is 1. The monoisotopic (exact) mass is 699 g/mol. The fourth-order valence-electron chi connectivity index (χ4n) is 6.21. The van der Waals surface area contributed by atoms with E-state index in [2.05, 4.69) is 35.9 Å². The fourth-order valence-corrected chi connectivity index (χ4v) is 6.21. The summed E-state index contributed by atoms with van der Waals surface area (Å²) in [4.78, 5) is 81.6. The van der Waals surface area contributed by atoms with Crippen LogP contribution in [0.3, 0.4) is 0 Å². The standard InChI is InChI=1S/C34H41N11O6/c35-33(36)39-11-5-10-25(29(46)43-27(32(49)50)12-21-15-40-24-9-4-3-8-23(21)24)42-30(47)28-13-19-6-1-2-7-20(19)17-45(28)31(48)26(44-34(37)51)14-22-16-38-18-41-22/h1-4,6-9,15-16,18,25-28,40H,5,10-14,17H2,(H,38,41)(H,42,47)(H,43,46)(H,49,50)(H4,35,36,39)(H3,37,44,51)/t25-,26-,27-,28-/m0/s1. The lowest BCUT2D eigenvalue weighted by Crippen LogP contribution is -2.61. The molecule has 1 aliphatic rings. The molecule has 5 amide bonds. The molecule has 5 rings (SSSR count). The van der Waals surface area contributed by atoms with Crippen molar-refractivity contribution in [2.45, 2.75) is 62.8 Å². The van der Waals surface area contributed by atoms with Crippen LogP contribution in [0.15, 0.2) is 72.2 Å². The van der Waals surface area contributed by atoms with Crippen molar-refractivity contribution in [1.29, 1.82) is 0 Å². The second kappa shape index (κ2) is 16.3. The molecule has 268 valence electrons. The molecule has 17 nitrogen and oxygen atoms in total. The van der Waals surface area contributed by atoms with Gasteiger partial charge in [-0.3, -0.25) is 19.4 Å². The van der Waals surface area contributed by atoms with Crippen LogP contribution in [0.2, 0.25) is 0 Å². The molecule has 0 radical (unpaired) electrons.